The van der Waals surface area contributed by atoms with Gasteiger partial charge in [-0.15, -0.1) is 0 Å². The van der Waals surface area contributed by atoms with E-state index in [4.69, 9.17) is 17.7 Å². The van der Waals surface area contributed by atoms with E-state index in [0.29, 0.717) is 12.5 Å². The van der Waals surface area contributed by atoms with Crippen molar-refractivity contribution in [3.05, 3.63) is 42.5 Å². The van der Waals surface area contributed by atoms with Gasteiger partial charge in [0.1, 0.15) is 12.5 Å². The first-order chi connectivity index (χ1) is 9.04. The Labute approximate surface area is 116 Å². The lowest BCUT2D eigenvalue weighted by Gasteiger charge is -2.08. The minimum absolute atomic E-state index is 0.494. The van der Waals surface area contributed by atoms with E-state index >= 15 is 0 Å². The first-order valence-corrected chi connectivity index (χ1v) is 6.96. The van der Waals surface area contributed by atoms with Crippen LogP contribution in [0, 0.1) is 12.5 Å². The van der Waals surface area contributed by atoms with Gasteiger partial charge in [0.2, 0.25) is 6.61 Å². The lowest BCUT2D eigenvalue weighted by atomic mass is 10.2. The third kappa shape index (κ3) is 8.78. The molecule has 0 unspecified atom stereocenters. The molecule has 0 radical (unpaired) electrons. The molecule has 0 spiro atoms. The van der Waals surface area contributed by atoms with Crippen LogP contribution in [0.1, 0.15) is 19.4 Å². The molecule has 20 heavy (non-hydrogen) atoms. The number of ether oxygens (including phenoxy) is 1. The molecule has 4 nitrogen and oxygen atoms in total. The Bertz CT molecular complexity index is 469. The first kappa shape index (κ1) is 18.8. The number of hydrogen-bond acceptors (Lipinski definition) is 4. The zero-order chi connectivity index (χ0) is 15.8. The number of alkyl halides is 3. The second kappa shape index (κ2) is 8.13. The molecule has 0 atom stereocenters. The summed E-state index contributed by atoms with van der Waals surface area (Å²) in [6.07, 6.45) is 0. The van der Waals surface area contributed by atoms with Crippen LogP contribution in [0.4, 0.5) is 13.2 Å². The maximum Gasteiger partial charge on any atom is 0.485 e. The van der Waals surface area contributed by atoms with Crippen molar-refractivity contribution in [2.45, 2.75) is 26.0 Å². The predicted molar refractivity (Wildman–Crippen MR) is 66.1 cm³/mol. The van der Waals surface area contributed by atoms with Crippen molar-refractivity contribution >= 4 is 10.1 Å². The van der Waals surface area contributed by atoms with Gasteiger partial charge in [-0.05, 0) is 19.4 Å². The van der Waals surface area contributed by atoms with Crippen LogP contribution >= 0.6 is 0 Å². The van der Waals surface area contributed by atoms with E-state index in [9.17, 15) is 13.2 Å². The molecule has 0 fully saturated rings. The molecule has 0 saturated heterocycles. The van der Waals surface area contributed by atoms with Gasteiger partial charge in [-0.25, -0.2) is 8.42 Å². The summed E-state index contributed by atoms with van der Waals surface area (Å²) < 4.78 is 64.3. The molecule has 0 aromatic heterocycles. The molecule has 0 aliphatic rings. The van der Waals surface area contributed by atoms with E-state index in [-0.39, 0.29) is 0 Å². The van der Waals surface area contributed by atoms with E-state index in [1.54, 1.807) is 0 Å². The topological polar surface area (TPSA) is 66.4 Å². The van der Waals surface area contributed by atoms with Crippen molar-refractivity contribution in [2.75, 3.05) is 0 Å². The second-order valence-electron chi connectivity index (χ2n) is 4.08. The average molecular weight is 312 g/mol. The fourth-order valence-electron chi connectivity index (χ4n) is 0.911. The van der Waals surface area contributed by atoms with Gasteiger partial charge in [0.15, 0.2) is 10.1 Å². The summed E-state index contributed by atoms with van der Waals surface area (Å²) in [7, 11) is -6.09. The maximum atomic E-state index is 10.7. The van der Waals surface area contributed by atoms with Gasteiger partial charge >= 0.3 is 5.51 Å². The fourth-order valence-corrected chi connectivity index (χ4v) is 0.911. The van der Waals surface area contributed by atoms with E-state index in [0.717, 1.165) is 0 Å². The molecule has 0 saturated carbocycles. The number of hydrogen-bond donors (Lipinski definition) is 0. The average Bonchev–Trinajstić information content (AvgIpc) is 2.28. The highest BCUT2D eigenvalue weighted by molar-refractivity contribution is 7.86. The van der Waals surface area contributed by atoms with Crippen molar-refractivity contribution in [1.82, 2.24) is 0 Å². The van der Waals surface area contributed by atoms with Crippen LogP contribution in [-0.2, 0) is 21.5 Å². The van der Waals surface area contributed by atoms with Gasteiger partial charge in [-0.3, -0.25) is 0 Å². The molecule has 0 amide bonds. The Morgan fingerprint density at radius 3 is 2.05 bits per heavy atom. The third-order valence-corrected chi connectivity index (χ3v) is 2.31. The highest BCUT2D eigenvalue weighted by atomic mass is 32.2. The summed E-state index contributed by atoms with van der Waals surface area (Å²) in [4.78, 5) is 0. The molecular weight excluding hydrogens is 297 g/mol. The van der Waals surface area contributed by atoms with E-state index < -0.39 is 15.6 Å². The molecule has 0 aliphatic carbocycles. The Hall–Kier alpha value is -1.25. The summed E-state index contributed by atoms with van der Waals surface area (Å²) in [6.45, 7) is 6.75. The fraction of sp³-hybridized carbons (Fsp3) is 0.417. The monoisotopic (exact) mass is 312 g/mol. The first-order valence-electron chi connectivity index (χ1n) is 5.55. The van der Waals surface area contributed by atoms with E-state index in [1.165, 1.54) is 5.56 Å². The Morgan fingerprint density at radius 1 is 1.25 bits per heavy atom. The molecule has 0 N–H and O–H groups in total. The second-order valence-corrected chi connectivity index (χ2v) is 5.45. The molecule has 1 aromatic carbocycles. The minimum atomic E-state index is -6.09. The molecule has 8 heteroatoms. The van der Waals surface area contributed by atoms with Crippen LogP contribution in [-0.4, -0.2) is 18.5 Å². The highest BCUT2D eigenvalue weighted by Gasteiger charge is 2.36. The van der Waals surface area contributed by atoms with Gasteiger partial charge in [0.25, 0.3) is 0 Å². The van der Waals surface area contributed by atoms with E-state index in [1.807, 2.05) is 24.8 Å². The third-order valence-electron chi connectivity index (χ3n) is 1.74. The number of halogens is 3. The Balaban J connectivity index is 0.000000396. The number of benzene rings is 1. The van der Waals surface area contributed by atoms with Crippen molar-refractivity contribution in [3.8, 4) is 0 Å². The molecule has 0 heterocycles. The minimum Gasteiger partial charge on any atom is -0.741 e. The van der Waals surface area contributed by atoms with Crippen LogP contribution in [0.15, 0.2) is 30.3 Å². The summed E-state index contributed by atoms with van der Waals surface area (Å²) in [5.41, 5.74) is -4.43. The summed E-state index contributed by atoms with van der Waals surface area (Å²) in [6, 6.07) is 10.2. The van der Waals surface area contributed by atoms with Crippen LogP contribution in [0.2, 0.25) is 0 Å². The largest absolute Gasteiger partial charge is 0.741 e. The molecular formula is C12H15F3O4S. The number of rotatable bonds is 4. The SMILES string of the molecule is CC(C)[CH+]OCc1ccccc1.O=S(=O)([O-])C(F)(F)F. The molecule has 114 valence electrons. The van der Waals surface area contributed by atoms with Crippen molar-refractivity contribution in [3.63, 3.8) is 0 Å². The van der Waals surface area contributed by atoms with Gasteiger partial charge in [-0.2, -0.15) is 17.9 Å². The van der Waals surface area contributed by atoms with Crippen LogP contribution in [0.25, 0.3) is 0 Å². The zero-order valence-electron chi connectivity index (χ0n) is 10.9. The van der Waals surface area contributed by atoms with Crippen LogP contribution in [0.5, 0.6) is 0 Å². The Morgan fingerprint density at radius 2 is 1.70 bits per heavy atom. The molecule has 1 rings (SSSR count). The lowest BCUT2D eigenvalue weighted by Crippen LogP contribution is -2.21. The van der Waals surface area contributed by atoms with Crippen molar-refractivity contribution < 1.29 is 30.9 Å². The lowest BCUT2D eigenvalue weighted by molar-refractivity contribution is -0.0517. The zero-order valence-corrected chi connectivity index (χ0v) is 11.7. The van der Waals surface area contributed by atoms with Gasteiger partial charge < -0.3 is 4.55 Å². The highest BCUT2D eigenvalue weighted by Crippen LogP contribution is 2.20. The van der Waals surface area contributed by atoms with Gasteiger partial charge in [0.05, 0.1) is 0 Å². The smallest absolute Gasteiger partial charge is 0.485 e. The summed E-state index contributed by atoms with van der Waals surface area (Å²) in [5.74, 6) is 0.494. The van der Waals surface area contributed by atoms with Gasteiger partial charge in [0, 0.05) is 0 Å². The van der Waals surface area contributed by atoms with Crippen LogP contribution < -0.4 is 0 Å². The molecule has 1 aromatic rings. The predicted octanol–water partition coefficient (Wildman–Crippen LogP) is 3.07. The van der Waals surface area contributed by atoms with Gasteiger partial charge in [-0.1, -0.05) is 30.3 Å². The summed E-state index contributed by atoms with van der Waals surface area (Å²) in [5, 5.41) is 0. The van der Waals surface area contributed by atoms with Crippen molar-refractivity contribution in [1.29, 1.82) is 0 Å². The standard InChI is InChI=1S/C11H15O.CHF3O3S/c1-10(2)8-12-9-11-6-4-3-5-7-11;2-1(3,4)8(5,6)7/h3-8,10H,9H2,1-2H3;(H,5,6,7)/q+1;/p-1. The maximum absolute atomic E-state index is 10.7. The molecule has 0 bridgehead atoms. The normalized spacial score (nSPS) is 11.8. The quantitative estimate of drug-likeness (QED) is 0.487. The molecule has 0 aliphatic heterocycles. The van der Waals surface area contributed by atoms with Crippen molar-refractivity contribution in [2.24, 2.45) is 5.92 Å². The summed E-state index contributed by atoms with van der Waals surface area (Å²) >= 11 is 0. The Kier molecular flexibility index (Phi) is 7.62. The van der Waals surface area contributed by atoms with E-state index in [2.05, 4.69) is 26.0 Å². The van der Waals surface area contributed by atoms with Crippen LogP contribution in [0.3, 0.4) is 0 Å².